The number of fused-ring (bicyclic) bond motifs is 3. The van der Waals surface area contributed by atoms with Crippen molar-refractivity contribution in [1.29, 1.82) is 0 Å². The van der Waals surface area contributed by atoms with Crippen molar-refractivity contribution >= 4 is 12.4 Å². The second kappa shape index (κ2) is 13.0. The zero-order chi connectivity index (χ0) is 14.2. The minimum atomic E-state index is 0. The van der Waals surface area contributed by atoms with E-state index >= 15 is 0 Å². The zero-order valence-electron chi connectivity index (χ0n) is 14.5. The summed E-state index contributed by atoms with van der Waals surface area (Å²) in [5.41, 5.74) is 0. The topological polar surface area (TPSA) is 13.0 Å². The maximum absolute atomic E-state index is 2.69. The summed E-state index contributed by atoms with van der Waals surface area (Å²) in [5.74, 6) is 0. The van der Waals surface area contributed by atoms with Gasteiger partial charge in [0.1, 0.15) is 0 Å². The molecule has 2 fully saturated rings. The van der Waals surface area contributed by atoms with Crippen LogP contribution in [0.1, 0.15) is 26.7 Å². The van der Waals surface area contributed by atoms with Crippen molar-refractivity contribution in [2.45, 2.75) is 26.7 Å². The quantitative estimate of drug-likeness (QED) is 0.679. The SMILES string of the molecule is CCN1CCCN2CCN(CC)CCCN(CC1)CC2.Cl.[Mn]. The van der Waals surface area contributed by atoms with Gasteiger partial charge in [0.05, 0.1) is 0 Å². The molecule has 0 aromatic carbocycles. The van der Waals surface area contributed by atoms with Crippen molar-refractivity contribution < 1.29 is 17.1 Å². The van der Waals surface area contributed by atoms with E-state index in [1.165, 1.54) is 91.4 Å². The van der Waals surface area contributed by atoms with E-state index in [1.54, 1.807) is 0 Å². The molecule has 133 valence electrons. The van der Waals surface area contributed by atoms with Crippen LogP contribution in [0.2, 0.25) is 0 Å². The van der Waals surface area contributed by atoms with Gasteiger partial charge in [-0.3, -0.25) is 0 Å². The first-order valence-electron chi connectivity index (χ1n) is 8.71. The fraction of sp³-hybridized carbons (Fsp3) is 1.00. The van der Waals surface area contributed by atoms with Crippen LogP contribution < -0.4 is 0 Å². The second-order valence-electron chi connectivity index (χ2n) is 6.26. The Morgan fingerprint density at radius 1 is 0.545 bits per heavy atom. The van der Waals surface area contributed by atoms with Crippen LogP contribution in [-0.2, 0) is 17.1 Å². The Kier molecular flexibility index (Phi) is 13.4. The van der Waals surface area contributed by atoms with E-state index in [2.05, 4.69) is 33.4 Å². The fourth-order valence-electron chi connectivity index (χ4n) is 3.41. The van der Waals surface area contributed by atoms with Crippen molar-refractivity contribution in [2.24, 2.45) is 0 Å². The van der Waals surface area contributed by atoms with E-state index in [0.29, 0.717) is 0 Å². The summed E-state index contributed by atoms with van der Waals surface area (Å²) in [6.45, 7) is 19.7. The summed E-state index contributed by atoms with van der Waals surface area (Å²) in [6.07, 6.45) is 2.67. The van der Waals surface area contributed by atoms with E-state index in [4.69, 9.17) is 0 Å². The van der Waals surface area contributed by atoms with Crippen LogP contribution in [0.5, 0.6) is 0 Å². The predicted octanol–water partition coefficient (Wildman–Crippen LogP) is 1.46. The van der Waals surface area contributed by atoms with Crippen LogP contribution in [0.3, 0.4) is 0 Å². The minimum Gasteiger partial charge on any atom is -0.302 e. The van der Waals surface area contributed by atoms with Gasteiger partial charge in [-0.05, 0) is 52.1 Å². The van der Waals surface area contributed by atoms with E-state index < -0.39 is 0 Å². The second-order valence-corrected chi connectivity index (χ2v) is 6.26. The first-order chi connectivity index (χ1) is 9.81. The molecule has 0 N–H and O–H groups in total. The Hall–Kier alpha value is 0.649. The van der Waals surface area contributed by atoms with Gasteiger partial charge in [-0.1, -0.05) is 13.8 Å². The molecule has 0 aliphatic carbocycles. The molecule has 0 spiro atoms. The summed E-state index contributed by atoms with van der Waals surface area (Å²) >= 11 is 0. The molecule has 2 bridgehead atoms. The Balaban J connectivity index is 0.00000220. The third kappa shape index (κ3) is 7.96. The molecule has 0 amide bonds. The fourth-order valence-corrected chi connectivity index (χ4v) is 3.41. The Bertz CT molecular complexity index is 241. The monoisotopic (exact) mass is 373 g/mol. The first kappa shape index (κ1) is 22.6. The van der Waals surface area contributed by atoms with Gasteiger partial charge in [-0.15, -0.1) is 12.4 Å². The molecule has 1 radical (unpaired) electrons. The van der Waals surface area contributed by atoms with Gasteiger partial charge in [-0.2, -0.15) is 0 Å². The molecule has 2 atom stereocenters. The number of rotatable bonds is 2. The molecule has 2 rings (SSSR count). The predicted molar refractivity (Wildman–Crippen MR) is 93.6 cm³/mol. The summed E-state index contributed by atoms with van der Waals surface area (Å²) in [5, 5.41) is 0. The third-order valence-corrected chi connectivity index (χ3v) is 4.99. The smallest absolute Gasteiger partial charge is 0.0110 e. The van der Waals surface area contributed by atoms with Gasteiger partial charge < -0.3 is 19.6 Å². The standard InChI is InChI=1S/C16H34N4.ClH.Mn/c1-3-17-7-5-9-20-14-12-18(4-2)8-6-10-19(13-11-17)15-16-20;;/h3-16H2,1-2H3;1H;. The first-order valence-corrected chi connectivity index (χ1v) is 8.71. The zero-order valence-corrected chi connectivity index (χ0v) is 16.5. The van der Waals surface area contributed by atoms with Crippen LogP contribution >= 0.6 is 12.4 Å². The number of halogens is 1. The van der Waals surface area contributed by atoms with Gasteiger partial charge >= 0.3 is 0 Å². The number of nitrogens with zero attached hydrogens (tertiary/aromatic N) is 4. The maximum Gasteiger partial charge on any atom is 0.0110 e. The number of hydrogen-bond donors (Lipinski definition) is 0. The Morgan fingerprint density at radius 3 is 1.27 bits per heavy atom. The number of hydrogen-bond acceptors (Lipinski definition) is 4. The van der Waals surface area contributed by atoms with Crippen molar-refractivity contribution in [3.8, 4) is 0 Å². The van der Waals surface area contributed by atoms with Gasteiger partial charge in [0, 0.05) is 56.3 Å². The maximum atomic E-state index is 2.69. The van der Waals surface area contributed by atoms with Gasteiger partial charge in [-0.25, -0.2) is 0 Å². The van der Waals surface area contributed by atoms with Crippen LogP contribution in [0.4, 0.5) is 0 Å². The van der Waals surface area contributed by atoms with Crippen molar-refractivity contribution in [2.75, 3.05) is 78.5 Å². The summed E-state index contributed by atoms with van der Waals surface area (Å²) < 4.78 is 0. The van der Waals surface area contributed by atoms with Crippen molar-refractivity contribution in [3.05, 3.63) is 0 Å². The van der Waals surface area contributed by atoms with Gasteiger partial charge in [0.15, 0.2) is 0 Å². The summed E-state index contributed by atoms with van der Waals surface area (Å²) in [7, 11) is 0. The van der Waals surface area contributed by atoms with Crippen molar-refractivity contribution in [1.82, 2.24) is 19.6 Å². The van der Waals surface area contributed by atoms with Crippen LogP contribution in [0, 0.1) is 0 Å². The molecule has 2 aliphatic rings. The number of likely N-dealkylation sites (N-methyl/N-ethyl adjacent to an activating group) is 2. The van der Waals surface area contributed by atoms with E-state index in [1.807, 2.05) is 0 Å². The molecule has 2 aliphatic heterocycles. The normalized spacial score (nSPS) is 29.2. The van der Waals surface area contributed by atoms with E-state index in [9.17, 15) is 0 Å². The molecule has 22 heavy (non-hydrogen) atoms. The molecule has 2 saturated heterocycles. The summed E-state index contributed by atoms with van der Waals surface area (Å²) in [6, 6.07) is 0. The third-order valence-electron chi connectivity index (χ3n) is 4.99. The largest absolute Gasteiger partial charge is 0.302 e. The van der Waals surface area contributed by atoms with Crippen LogP contribution in [0.15, 0.2) is 0 Å². The van der Waals surface area contributed by atoms with Crippen molar-refractivity contribution in [3.63, 3.8) is 0 Å². The molecule has 6 heteroatoms. The summed E-state index contributed by atoms with van der Waals surface area (Å²) in [4.78, 5) is 10.6. The Morgan fingerprint density at radius 2 is 0.909 bits per heavy atom. The molecule has 4 nitrogen and oxygen atoms in total. The molecule has 0 aromatic rings. The average Bonchev–Trinajstić information content (AvgIpc) is 2.49. The Labute approximate surface area is 154 Å². The molecule has 0 aromatic heterocycles. The minimum absolute atomic E-state index is 0. The van der Waals surface area contributed by atoms with Gasteiger partial charge in [0.25, 0.3) is 0 Å². The molecule has 2 unspecified atom stereocenters. The van der Waals surface area contributed by atoms with E-state index in [-0.39, 0.29) is 29.5 Å². The molecule has 0 saturated carbocycles. The van der Waals surface area contributed by atoms with Gasteiger partial charge in [0.2, 0.25) is 0 Å². The van der Waals surface area contributed by atoms with Crippen LogP contribution in [-0.4, -0.2) is 98.1 Å². The van der Waals surface area contributed by atoms with E-state index in [0.717, 1.165) is 0 Å². The molecule has 2 heterocycles. The van der Waals surface area contributed by atoms with Crippen LogP contribution in [0.25, 0.3) is 0 Å². The molecular weight excluding hydrogens is 339 g/mol. The average molecular weight is 374 g/mol. The molecular formula is C16H35ClMnN4.